The van der Waals surface area contributed by atoms with Gasteiger partial charge in [0.25, 0.3) is 11.8 Å². The van der Waals surface area contributed by atoms with Crippen LogP contribution in [0.15, 0.2) is 30.3 Å². The van der Waals surface area contributed by atoms with E-state index in [2.05, 4.69) is 36.6 Å². The Kier molecular flexibility index (Phi) is 7.79. The second-order valence-corrected chi connectivity index (χ2v) is 8.75. The zero-order valence-electron chi connectivity index (χ0n) is 19.6. The summed E-state index contributed by atoms with van der Waals surface area (Å²) in [6, 6.07) is 9.82. The number of anilines is 2. The monoisotopic (exact) mass is 410 g/mol. The molecule has 3 N–H and O–H groups in total. The lowest BCUT2D eigenvalue weighted by atomic mass is 9.98. The smallest absolute Gasteiger partial charge is 0.282 e. The number of benzene rings is 2. The highest BCUT2D eigenvalue weighted by atomic mass is 16.2. The van der Waals surface area contributed by atoms with Crippen molar-refractivity contribution in [2.45, 2.75) is 60.4 Å². The van der Waals surface area contributed by atoms with Gasteiger partial charge in [-0.15, -0.1) is 0 Å². The predicted molar refractivity (Wildman–Crippen MR) is 124 cm³/mol. The summed E-state index contributed by atoms with van der Waals surface area (Å²) in [7, 11) is 1.87. The minimum Gasteiger partial charge on any atom is -0.321 e. The molecular formula is C25H36N3O2+. The number of likely N-dealkylation sites (N-methyl/N-ethyl adjacent to an activating group) is 1. The van der Waals surface area contributed by atoms with E-state index in [4.69, 9.17) is 0 Å². The van der Waals surface area contributed by atoms with Gasteiger partial charge in [0.1, 0.15) is 0 Å². The van der Waals surface area contributed by atoms with Gasteiger partial charge in [-0.25, -0.2) is 0 Å². The first-order chi connectivity index (χ1) is 14.0. The lowest BCUT2D eigenvalue weighted by Gasteiger charge is -2.23. The van der Waals surface area contributed by atoms with Crippen LogP contribution in [0, 0.1) is 27.7 Å². The van der Waals surface area contributed by atoms with Gasteiger partial charge in [0.05, 0.1) is 7.05 Å². The molecule has 0 bridgehead atoms. The lowest BCUT2D eigenvalue weighted by molar-refractivity contribution is -0.885. The fraction of sp³-hybridized carbons (Fsp3) is 0.440. The van der Waals surface area contributed by atoms with Crippen molar-refractivity contribution < 1.29 is 14.5 Å². The van der Waals surface area contributed by atoms with Crippen LogP contribution < -0.4 is 15.5 Å². The first-order valence-electron chi connectivity index (χ1n) is 10.6. The van der Waals surface area contributed by atoms with Crippen LogP contribution >= 0.6 is 0 Å². The zero-order chi connectivity index (χ0) is 22.6. The highest BCUT2D eigenvalue weighted by molar-refractivity contribution is 5.96. The van der Waals surface area contributed by atoms with Gasteiger partial charge in [-0.1, -0.05) is 49.7 Å². The number of rotatable bonds is 7. The molecule has 2 amide bonds. The molecule has 0 saturated heterocycles. The number of quaternary nitrogens is 1. The third kappa shape index (κ3) is 5.70. The average Bonchev–Trinajstić information content (AvgIpc) is 2.65. The third-order valence-electron chi connectivity index (χ3n) is 5.69. The molecule has 0 fully saturated rings. The maximum absolute atomic E-state index is 12.9. The van der Waals surface area contributed by atoms with E-state index in [0.29, 0.717) is 5.92 Å². The summed E-state index contributed by atoms with van der Waals surface area (Å²) in [5.41, 5.74) is 7.17. The van der Waals surface area contributed by atoms with Gasteiger partial charge in [0.2, 0.25) is 0 Å². The number of para-hydroxylation sites is 1. The summed E-state index contributed by atoms with van der Waals surface area (Å²) in [4.78, 5) is 26.4. The van der Waals surface area contributed by atoms with E-state index in [-0.39, 0.29) is 24.4 Å². The van der Waals surface area contributed by atoms with Gasteiger partial charge in [-0.2, -0.15) is 0 Å². The number of nitrogens with one attached hydrogen (secondary N) is 3. The van der Waals surface area contributed by atoms with Gasteiger partial charge in [0, 0.05) is 11.4 Å². The molecule has 5 heteroatoms. The Hall–Kier alpha value is -2.66. The number of hydrogen-bond acceptors (Lipinski definition) is 2. The second-order valence-electron chi connectivity index (χ2n) is 8.75. The van der Waals surface area contributed by atoms with Gasteiger partial charge in [0.15, 0.2) is 12.6 Å². The first-order valence-corrected chi connectivity index (χ1v) is 10.6. The van der Waals surface area contributed by atoms with Crippen molar-refractivity contribution >= 4 is 23.2 Å². The summed E-state index contributed by atoms with van der Waals surface area (Å²) < 4.78 is 0. The van der Waals surface area contributed by atoms with E-state index >= 15 is 0 Å². The Morgan fingerprint density at radius 1 is 0.900 bits per heavy atom. The summed E-state index contributed by atoms with van der Waals surface area (Å²) >= 11 is 0. The molecule has 30 heavy (non-hydrogen) atoms. The molecule has 0 spiro atoms. The Morgan fingerprint density at radius 2 is 1.50 bits per heavy atom. The molecule has 2 aromatic carbocycles. The van der Waals surface area contributed by atoms with Crippen LogP contribution in [-0.4, -0.2) is 31.4 Å². The molecule has 162 valence electrons. The zero-order valence-corrected chi connectivity index (χ0v) is 19.6. The predicted octanol–water partition coefficient (Wildman–Crippen LogP) is 3.52. The molecule has 5 nitrogen and oxygen atoms in total. The minimum atomic E-state index is -0.365. The van der Waals surface area contributed by atoms with Gasteiger partial charge in [-0.3, -0.25) is 9.59 Å². The van der Waals surface area contributed by atoms with Crippen LogP contribution in [0.2, 0.25) is 0 Å². The molecule has 0 saturated carbocycles. The van der Waals surface area contributed by atoms with Crippen molar-refractivity contribution in [1.29, 1.82) is 0 Å². The number of amides is 2. The Bertz CT molecular complexity index is 911. The van der Waals surface area contributed by atoms with Crippen LogP contribution in [0.25, 0.3) is 0 Å². The van der Waals surface area contributed by atoms with Crippen molar-refractivity contribution in [2.24, 2.45) is 0 Å². The van der Waals surface area contributed by atoms with Crippen molar-refractivity contribution in [3.8, 4) is 0 Å². The van der Waals surface area contributed by atoms with Crippen molar-refractivity contribution in [3.05, 3.63) is 58.1 Å². The van der Waals surface area contributed by atoms with E-state index < -0.39 is 0 Å². The lowest BCUT2D eigenvalue weighted by Crippen LogP contribution is -3.14. The highest BCUT2D eigenvalue weighted by Gasteiger charge is 2.25. The van der Waals surface area contributed by atoms with Gasteiger partial charge in [-0.05, 0) is 62.8 Å². The molecule has 0 aliphatic rings. The topological polar surface area (TPSA) is 62.6 Å². The van der Waals surface area contributed by atoms with Crippen LogP contribution in [0.1, 0.15) is 54.5 Å². The van der Waals surface area contributed by atoms with E-state index in [1.54, 1.807) is 0 Å². The first kappa shape index (κ1) is 23.6. The summed E-state index contributed by atoms with van der Waals surface area (Å²) in [6.07, 6.45) is 0. The SMILES string of the molecule is Cc1cc(C)c(NC(=O)C[NH+](C)[C@H](C)C(=O)Nc2c(C)cccc2C(C)C)c(C)c1. The fourth-order valence-electron chi connectivity index (χ4n) is 3.76. The van der Waals surface area contributed by atoms with Crippen LogP contribution in [0.5, 0.6) is 0 Å². The maximum atomic E-state index is 12.9. The standard InChI is InChI=1S/C25H35N3O2/c1-15(2)21-11-9-10-17(4)24(21)27-25(30)20(7)28(8)14-22(29)26-23-18(5)12-16(3)13-19(23)6/h9-13,15,20H,14H2,1-8H3,(H,26,29)(H,27,30)/p+1/t20-/m1/s1. The molecule has 0 aromatic heterocycles. The third-order valence-corrected chi connectivity index (χ3v) is 5.69. The Labute approximate surface area is 180 Å². The molecule has 2 aromatic rings. The molecule has 1 unspecified atom stereocenters. The highest BCUT2D eigenvalue weighted by Crippen LogP contribution is 2.27. The maximum Gasteiger partial charge on any atom is 0.282 e. The molecule has 2 rings (SSSR count). The largest absolute Gasteiger partial charge is 0.321 e. The molecule has 0 heterocycles. The van der Waals surface area contributed by atoms with E-state index in [1.807, 2.05) is 59.9 Å². The van der Waals surface area contributed by atoms with Gasteiger partial charge >= 0.3 is 0 Å². The summed E-state index contributed by atoms with van der Waals surface area (Å²) in [5, 5.41) is 6.12. The molecular weight excluding hydrogens is 374 g/mol. The van der Waals surface area contributed by atoms with Crippen LogP contribution in [0.4, 0.5) is 11.4 Å². The molecule has 0 aliphatic heterocycles. The van der Waals surface area contributed by atoms with Crippen molar-refractivity contribution in [3.63, 3.8) is 0 Å². The average molecular weight is 411 g/mol. The molecule has 0 aliphatic carbocycles. The summed E-state index contributed by atoms with van der Waals surface area (Å²) in [5.74, 6) is 0.132. The molecule has 0 radical (unpaired) electrons. The quantitative estimate of drug-likeness (QED) is 0.654. The fourth-order valence-corrected chi connectivity index (χ4v) is 3.76. The van der Waals surface area contributed by atoms with E-state index in [9.17, 15) is 9.59 Å². The van der Waals surface area contributed by atoms with Crippen molar-refractivity contribution in [2.75, 3.05) is 24.2 Å². The molecule has 2 atom stereocenters. The second kappa shape index (κ2) is 9.90. The van der Waals surface area contributed by atoms with Crippen molar-refractivity contribution in [1.82, 2.24) is 0 Å². The van der Waals surface area contributed by atoms with Gasteiger partial charge < -0.3 is 15.5 Å². The Balaban J connectivity index is 2.05. The number of aryl methyl sites for hydroxylation is 4. The summed E-state index contributed by atoms with van der Waals surface area (Å²) in [6.45, 7) is 14.3. The number of carbonyl (C=O) groups is 2. The van der Waals surface area contributed by atoms with Crippen LogP contribution in [0.3, 0.4) is 0 Å². The number of hydrogen-bond donors (Lipinski definition) is 3. The van der Waals surface area contributed by atoms with E-state index in [1.165, 1.54) is 5.56 Å². The van der Waals surface area contributed by atoms with Crippen LogP contribution in [-0.2, 0) is 9.59 Å². The Morgan fingerprint density at radius 3 is 2.07 bits per heavy atom. The normalized spacial score (nSPS) is 13.1. The van der Waals surface area contributed by atoms with E-state index in [0.717, 1.165) is 38.5 Å². The number of carbonyl (C=O) groups excluding carboxylic acids is 2. The minimum absolute atomic E-state index is 0.0841.